The summed E-state index contributed by atoms with van der Waals surface area (Å²) in [4.78, 5) is 16.9. The van der Waals surface area contributed by atoms with Crippen molar-refractivity contribution in [2.24, 2.45) is 0 Å². The van der Waals surface area contributed by atoms with Gasteiger partial charge in [0.1, 0.15) is 5.75 Å². The first-order valence-corrected chi connectivity index (χ1v) is 11.3. The first-order valence-electron chi connectivity index (χ1n) is 9.42. The molecule has 0 fully saturated rings. The van der Waals surface area contributed by atoms with Gasteiger partial charge in [0.25, 0.3) is 0 Å². The third-order valence-electron chi connectivity index (χ3n) is 4.49. The van der Waals surface area contributed by atoms with E-state index in [4.69, 9.17) is 4.74 Å². The summed E-state index contributed by atoms with van der Waals surface area (Å²) < 4.78 is 6.83. The van der Waals surface area contributed by atoms with Gasteiger partial charge in [0.2, 0.25) is 11.1 Å². The number of methoxy groups -OCH3 is 1. The number of hydrogen-bond donors (Lipinski definition) is 1. The van der Waals surface area contributed by atoms with E-state index in [0.29, 0.717) is 10.3 Å². The van der Waals surface area contributed by atoms with Gasteiger partial charge >= 0.3 is 0 Å². The molecule has 0 aliphatic carbocycles. The van der Waals surface area contributed by atoms with E-state index >= 15 is 0 Å². The minimum absolute atomic E-state index is 0.169. The third kappa shape index (κ3) is 4.92. The van der Waals surface area contributed by atoms with Crippen LogP contribution in [0.4, 0.5) is 5.13 Å². The van der Waals surface area contributed by atoms with Crippen LogP contribution in [0.3, 0.4) is 0 Å². The van der Waals surface area contributed by atoms with Gasteiger partial charge in [0.15, 0.2) is 5.13 Å². The second-order valence-corrected chi connectivity index (χ2v) is 8.57. The van der Waals surface area contributed by atoms with Crippen LogP contribution in [-0.2, 0) is 4.79 Å². The first-order chi connectivity index (χ1) is 15.0. The van der Waals surface area contributed by atoms with Crippen LogP contribution >= 0.6 is 23.1 Å². The molecule has 0 radical (unpaired) electrons. The maximum Gasteiger partial charge on any atom is 0.236 e. The Bertz CT molecular complexity index is 1200. The number of thiazole rings is 1. The van der Waals surface area contributed by atoms with Gasteiger partial charge < -0.3 is 10.1 Å². The number of ether oxygens (including phenoxy) is 1. The number of carbonyl (C=O) groups is 1. The lowest BCUT2D eigenvalue weighted by molar-refractivity contribution is -0.113. The number of benzene rings is 2. The molecule has 2 aromatic heterocycles. The summed E-state index contributed by atoms with van der Waals surface area (Å²) in [5.74, 6) is 0.784. The van der Waals surface area contributed by atoms with Crippen LogP contribution in [0.5, 0.6) is 5.75 Å². The van der Waals surface area contributed by atoms with Gasteiger partial charge in [-0.1, -0.05) is 29.5 Å². The van der Waals surface area contributed by atoms with Gasteiger partial charge in [0.05, 0.1) is 24.2 Å². The van der Waals surface area contributed by atoms with E-state index in [9.17, 15) is 4.79 Å². The number of nitrogens with one attached hydrogen (secondary N) is 1. The van der Waals surface area contributed by atoms with Crippen molar-refractivity contribution in [3.05, 3.63) is 59.0 Å². The maximum atomic E-state index is 12.4. The standard InChI is InChI=1S/C21H20N6O2S2/c1-13-4-9-18(14(2)10-13)27-21(24-25-26-27)31-12-19(28)23-20-22-17(11-30-20)15-5-7-16(29-3)8-6-15/h4-11H,12H2,1-3H3,(H,22,23,28). The summed E-state index contributed by atoms with van der Waals surface area (Å²) in [6, 6.07) is 13.7. The van der Waals surface area contributed by atoms with Crippen LogP contribution in [0.25, 0.3) is 16.9 Å². The van der Waals surface area contributed by atoms with E-state index in [1.54, 1.807) is 11.8 Å². The molecule has 1 amide bonds. The molecule has 4 rings (SSSR count). The van der Waals surface area contributed by atoms with E-state index in [1.165, 1.54) is 28.7 Å². The first kappa shape index (κ1) is 21.0. The van der Waals surface area contributed by atoms with E-state index in [0.717, 1.165) is 28.3 Å². The van der Waals surface area contributed by atoms with Gasteiger partial charge in [0, 0.05) is 10.9 Å². The van der Waals surface area contributed by atoms with E-state index in [1.807, 2.05) is 55.6 Å². The molecular formula is C21H20N6O2S2. The predicted octanol–water partition coefficient (Wildman–Crippen LogP) is 4.14. The Balaban J connectivity index is 1.38. The second-order valence-electron chi connectivity index (χ2n) is 6.77. The molecule has 0 aliphatic heterocycles. The highest BCUT2D eigenvalue weighted by molar-refractivity contribution is 7.99. The van der Waals surface area contributed by atoms with Crippen molar-refractivity contribution in [3.8, 4) is 22.7 Å². The number of carbonyl (C=O) groups excluding carboxylic acids is 1. The number of aromatic nitrogens is 5. The highest BCUT2D eigenvalue weighted by Gasteiger charge is 2.14. The zero-order valence-electron chi connectivity index (χ0n) is 17.2. The Morgan fingerprint density at radius 2 is 2.00 bits per heavy atom. The van der Waals surface area contributed by atoms with Crippen molar-refractivity contribution in [1.29, 1.82) is 0 Å². The lowest BCUT2D eigenvalue weighted by atomic mass is 10.1. The van der Waals surface area contributed by atoms with Gasteiger partial charge in [-0.3, -0.25) is 4.79 Å². The maximum absolute atomic E-state index is 12.4. The summed E-state index contributed by atoms with van der Waals surface area (Å²) in [6.45, 7) is 4.04. The molecule has 0 aliphatic rings. The fraction of sp³-hybridized carbons (Fsp3) is 0.190. The smallest absolute Gasteiger partial charge is 0.236 e. The van der Waals surface area contributed by atoms with Crippen molar-refractivity contribution >= 4 is 34.1 Å². The summed E-state index contributed by atoms with van der Waals surface area (Å²) in [5, 5.41) is 17.7. The summed E-state index contributed by atoms with van der Waals surface area (Å²) >= 11 is 2.65. The predicted molar refractivity (Wildman–Crippen MR) is 122 cm³/mol. The number of tetrazole rings is 1. The zero-order valence-corrected chi connectivity index (χ0v) is 18.8. The number of amides is 1. The average Bonchev–Trinajstić information content (AvgIpc) is 3.42. The number of rotatable bonds is 7. The molecule has 4 aromatic rings. The SMILES string of the molecule is COc1ccc(-c2csc(NC(=O)CSc3nnnn3-c3ccc(C)cc3C)n2)cc1. The van der Waals surface area contributed by atoms with Gasteiger partial charge in [-0.05, 0) is 60.2 Å². The van der Waals surface area contributed by atoms with E-state index in [2.05, 4.69) is 31.9 Å². The lowest BCUT2D eigenvalue weighted by Gasteiger charge is -2.08. The molecule has 31 heavy (non-hydrogen) atoms. The zero-order chi connectivity index (χ0) is 21.8. The Kier molecular flexibility index (Phi) is 6.28. The quantitative estimate of drug-likeness (QED) is 0.421. The van der Waals surface area contributed by atoms with E-state index < -0.39 is 0 Å². The number of nitrogens with zero attached hydrogens (tertiary/aromatic N) is 5. The van der Waals surface area contributed by atoms with Crippen LogP contribution in [0, 0.1) is 13.8 Å². The van der Waals surface area contributed by atoms with Gasteiger partial charge in [-0.25, -0.2) is 4.98 Å². The van der Waals surface area contributed by atoms with Gasteiger partial charge in [-0.15, -0.1) is 16.4 Å². The van der Waals surface area contributed by atoms with E-state index in [-0.39, 0.29) is 11.7 Å². The molecule has 0 bridgehead atoms. The Morgan fingerprint density at radius 3 is 2.74 bits per heavy atom. The highest BCUT2D eigenvalue weighted by atomic mass is 32.2. The van der Waals surface area contributed by atoms with Crippen molar-refractivity contribution in [1.82, 2.24) is 25.2 Å². The molecule has 0 spiro atoms. The number of thioether (sulfide) groups is 1. The van der Waals surface area contributed by atoms with Crippen LogP contribution < -0.4 is 10.1 Å². The molecular weight excluding hydrogens is 432 g/mol. The molecule has 1 N–H and O–H groups in total. The minimum atomic E-state index is -0.171. The largest absolute Gasteiger partial charge is 0.497 e. The molecule has 0 saturated heterocycles. The number of anilines is 1. The summed E-state index contributed by atoms with van der Waals surface area (Å²) in [5.41, 5.74) is 4.88. The Labute approximate surface area is 187 Å². The van der Waals surface area contributed by atoms with Gasteiger partial charge in [-0.2, -0.15) is 4.68 Å². The number of hydrogen-bond acceptors (Lipinski definition) is 8. The van der Waals surface area contributed by atoms with Crippen LogP contribution in [-0.4, -0.2) is 44.0 Å². The molecule has 2 heterocycles. The van der Waals surface area contributed by atoms with Crippen molar-refractivity contribution in [2.45, 2.75) is 19.0 Å². The Hall–Kier alpha value is -3.24. The van der Waals surface area contributed by atoms with Crippen LogP contribution in [0.1, 0.15) is 11.1 Å². The molecule has 0 saturated carbocycles. The average molecular weight is 453 g/mol. The number of aryl methyl sites for hydroxylation is 2. The molecule has 2 aromatic carbocycles. The summed E-state index contributed by atoms with van der Waals surface area (Å²) in [7, 11) is 1.63. The van der Waals surface area contributed by atoms with Crippen molar-refractivity contribution in [3.63, 3.8) is 0 Å². The Morgan fingerprint density at radius 1 is 1.19 bits per heavy atom. The fourth-order valence-electron chi connectivity index (χ4n) is 2.97. The summed E-state index contributed by atoms with van der Waals surface area (Å²) in [6.07, 6.45) is 0. The topological polar surface area (TPSA) is 94.8 Å². The molecule has 10 heteroatoms. The van der Waals surface area contributed by atoms with Crippen LogP contribution in [0.2, 0.25) is 0 Å². The van der Waals surface area contributed by atoms with Crippen LogP contribution in [0.15, 0.2) is 53.0 Å². The molecule has 158 valence electrons. The minimum Gasteiger partial charge on any atom is -0.497 e. The van der Waals surface area contributed by atoms with Crippen molar-refractivity contribution < 1.29 is 9.53 Å². The molecule has 0 atom stereocenters. The lowest BCUT2D eigenvalue weighted by Crippen LogP contribution is -2.14. The third-order valence-corrected chi connectivity index (χ3v) is 6.17. The second kappa shape index (κ2) is 9.27. The highest BCUT2D eigenvalue weighted by Crippen LogP contribution is 2.27. The molecule has 8 nitrogen and oxygen atoms in total. The monoisotopic (exact) mass is 452 g/mol. The fourth-order valence-corrected chi connectivity index (χ4v) is 4.39. The molecule has 0 unspecified atom stereocenters. The normalized spacial score (nSPS) is 10.8. The van der Waals surface area contributed by atoms with Crippen molar-refractivity contribution in [2.75, 3.05) is 18.2 Å².